The number of rotatable bonds is 3. The summed E-state index contributed by atoms with van der Waals surface area (Å²) >= 11 is 0.641. The van der Waals surface area contributed by atoms with E-state index in [0.29, 0.717) is 17.8 Å². The molecular formula is C2H6O3S. The van der Waals surface area contributed by atoms with Crippen LogP contribution in [0.3, 0.4) is 0 Å². The molecule has 2 N–H and O–H groups in total. The maximum atomic E-state index is 7.92. The minimum Gasteiger partial charge on any atom is -0.330 e. The van der Waals surface area contributed by atoms with Gasteiger partial charge in [0, 0.05) is 5.75 Å². The monoisotopic (exact) mass is 110 g/mol. The molecule has 0 saturated carbocycles. The minimum absolute atomic E-state index is 0.182. The zero-order valence-electron chi connectivity index (χ0n) is 3.13. The van der Waals surface area contributed by atoms with Crippen molar-refractivity contribution in [1.29, 1.82) is 0 Å². The van der Waals surface area contributed by atoms with Crippen molar-refractivity contribution in [2.24, 2.45) is 0 Å². The Kier molecular flexibility index (Phi) is 5.43. The van der Waals surface area contributed by atoms with Crippen molar-refractivity contribution in [3.63, 3.8) is 0 Å². The molecule has 0 unspecified atom stereocenters. The molecule has 0 atom stereocenters. The fraction of sp³-hybridized carbons (Fsp3) is 1.00. The van der Waals surface area contributed by atoms with Crippen LogP contribution in [0.2, 0.25) is 0 Å². The SMILES string of the molecule is OOCCSO. The standard InChI is InChI=1S/C2H6O3S/c3-5-1-2-6-4/h3-4H,1-2H2. The summed E-state index contributed by atoms with van der Waals surface area (Å²) in [5.41, 5.74) is 0. The number of hydrogen-bond donors (Lipinski definition) is 2. The highest BCUT2D eigenvalue weighted by molar-refractivity contribution is 7.93. The third-order valence-electron chi connectivity index (χ3n) is 0.266. The van der Waals surface area contributed by atoms with Gasteiger partial charge in [-0.2, -0.15) is 0 Å². The lowest BCUT2D eigenvalue weighted by atomic mass is 10.9. The summed E-state index contributed by atoms with van der Waals surface area (Å²) in [4.78, 5) is 3.60. The second kappa shape index (κ2) is 5.23. The predicted octanol–water partition coefficient (Wildman–Crippen LogP) is 0.682. The van der Waals surface area contributed by atoms with E-state index in [-0.39, 0.29) is 6.61 Å². The van der Waals surface area contributed by atoms with Crippen molar-refractivity contribution in [1.82, 2.24) is 0 Å². The maximum Gasteiger partial charge on any atom is 0.0932 e. The number of hydrogen-bond acceptors (Lipinski definition) is 4. The second-order valence-electron chi connectivity index (χ2n) is 0.666. The van der Waals surface area contributed by atoms with Crippen molar-refractivity contribution in [3.8, 4) is 0 Å². The normalized spacial score (nSPS) is 9.00. The molecule has 0 aromatic carbocycles. The van der Waals surface area contributed by atoms with Crippen molar-refractivity contribution < 1.29 is 14.7 Å². The molecule has 0 amide bonds. The molecule has 0 spiro atoms. The van der Waals surface area contributed by atoms with Gasteiger partial charge in [0.05, 0.1) is 6.61 Å². The molecule has 38 valence electrons. The van der Waals surface area contributed by atoms with Crippen molar-refractivity contribution in [3.05, 3.63) is 0 Å². The fourth-order valence-corrected chi connectivity index (χ4v) is 0.224. The zero-order chi connectivity index (χ0) is 4.83. The Balaban J connectivity index is 2.34. The smallest absolute Gasteiger partial charge is 0.0932 e. The molecule has 0 heterocycles. The Hall–Kier alpha value is 0.230. The average molecular weight is 110 g/mol. The lowest BCUT2D eigenvalue weighted by Crippen LogP contribution is -1.89. The van der Waals surface area contributed by atoms with Crippen LogP contribution < -0.4 is 0 Å². The Bertz CT molecular complexity index is 20.8. The first-order valence-corrected chi connectivity index (χ1v) is 2.38. The van der Waals surface area contributed by atoms with Crippen LogP contribution in [0.5, 0.6) is 0 Å². The Morgan fingerprint density at radius 3 is 2.50 bits per heavy atom. The summed E-state index contributed by atoms with van der Waals surface area (Å²) < 4.78 is 7.92. The Morgan fingerprint density at radius 2 is 2.33 bits per heavy atom. The summed E-state index contributed by atoms with van der Waals surface area (Å²) in [5.74, 6) is 0.413. The average Bonchev–Trinajstić information content (AvgIpc) is 1.61. The third-order valence-corrected chi connectivity index (χ3v) is 0.615. The van der Waals surface area contributed by atoms with E-state index in [2.05, 4.69) is 4.89 Å². The van der Waals surface area contributed by atoms with Gasteiger partial charge < -0.3 is 4.55 Å². The highest BCUT2D eigenvalue weighted by Crippen LogP contribution is 1.86. The quantitative estimate of drug-likeness (QED) is 0.243. The van der Waals surface area contributed by atoms with E-state index >= 15 is 0 Å². The molecule has 0 saturated heterocycles. The van der Waals surface area contributed by atoms with E-state index in [1.165, 1.54) is 0 Å². The summed E-state index contributed by atoms with van der Waals surface area (Å²) in [6.45, 7) is 0.182. The summed E-state index contributed by atoms with van der Waals surface area (Å²) in [5, 5.41) is 7.57. The van der Waals surface area contributed by atoms with E-state index in [0.717, 1.165) is 0 Å². The van der Waals surface area contributed by atoms with Gasteiger partial charge in [0.25, 0.3) is 0 Å². The first-order chi connectivity index (χ1) is 2.91. The van der Waals surface area contributed by atoms with Crippen LogP contribution in [0.15, 0.2) is 0 Å². The molecule has 0 radical (unpaired) electrons. The lowest BCUT2D eigenvalue weighted by Gasteiger charge is -1.85. The molecule has 0 bridgehead atoms. The van der Waals surface area contributed by atoms with Crippen LogP contribution in [0.1, 0.15) is 0 Å². The summed E-state index contributed by atoms with van der Waals surface area (Å²) in [6, 6.07) is 0. The van der Waals surface area contributed by atoms with E-state index in [1.807, 2.05) is 0 Å². The van der Waals surface area contributed by atoms with Gasteiger partial charge in [-0.3, -0.25) is 5.26 Å². The molecule has 6 heavy (non-hydrogen) atoms. The third kappa shape index (κ3) is 4.23. The van der Waals surface area contributed by atoms with Gasteiger partial charge in [0.2, 0.25) is 0 Å². The second-order valence-corrected chi connectivity index (χ2v) is 1.33. The molecule has 0 aliphatic carbocycles. The highest BCUT2D eigenvalue weighted by atomic mass is 32.2. The van der Waals surface area contributed by atoms with Crippen molar-refractivity contribution in [2.75, 3.05) is 12.4 Å². The van der Waals surface area contributed by atoms with Crippen LogP contribution in [0, 0.1) is 0 Å². The first-order valence-electron chi connectivity index (χ1n) is 1.44. The molecule has 0 fully saturated rings. The Morgan fingerprint density at radius 1 is 1.67 bits per heavy atom. The summed E-state index contributed by atoms with van der Waals surface area (Å²) in [7, 11) is 0. The van der Waals surface area contributed by atoms with Gasteiger partial charge in [-0.25, -0.2) is 4.89 Å². The van der Waals surface area contributed by atoms with Crippen LogP contribution in [0.4, 0.5) is 0 Å². The van der Waals surface area contributed by atoms with E-state index < -0.39 is 0 Å². The van der Waals surface area contributed by atoms with Crippen LogP contribution in [-0.2, 0) is 4.89 Å². The first kappa shape index (κ1) is 6.23. The van der Waals surface area contributed by atoms with E-state index in [9.17, 15) is 0 Å². The largest absolute Gasteiger partial charge is 0.330 e. The van der Waals surface area contributed by atoms with Crippen molar-refractivity contribution >= 4 is 12.0 Å². The topological polar surface area (TPSA) is 49.7 Å². The van der Waals surface area contributed by atoms with Gasteiger partial charge in [0.1, 0.15) is 0 Å². The van der Waals surface area contributed by atoms with Gasteiger partial charge >= 0.3 is 0 Å². The zero-order valence-corrected chi connectivity index (χ0v) is 3.94. The molecular weight excluding hydrogens is 104 g/mol. The lowest BCUT2D eigenvalue weighted by molar-refractivity contribution is -0.236. The molecule has 0 aliphatic rings. The predicted molar refractivity (Wildman–Crippen MR) is 23.7 cm³/mol. The Labute approximate surface area is 40.1 Å². The van der Waals surface area contributed by atoms with Crippen molar-refractivity contribution in [2.45, 2.75) is 0 Å². The molecule has 0 aliphatic heterocycles. The van der Waals surface area contributed by atoms with Crippen LogP contribution in [0.25, 0.3) is 0 Å². The molecule has 4 heteroatoms. The molecule has 0 rings (SSSR count). The van der Waals surface area contributed by atoms with E-state index in [4.69, 9.17) is 9.81 Å². The molecule has 3 nitrogen and oxygen atoms in total. The van der Waals surface area contributed by atoms with E-state index in [1.54, 1.807) is 0 Å². The van der Waals surface area contributed by atoms with Gasteiger partial charge in [-0.1, -0.05) is 0 Å². The molecule has 0 aromatic rings. The van der Waals surface area contributed by atoms with Gasteiger partial charge in [-0.15, -0.1) is 0 Å². The summed E-state index contributed by atoms with van der Waals surface area (Å²) in [6.07, 6.45) is 0. The minimum atomic E-state index is 0.182. The van der Waals surface area contributed by atoms with Gasteiger partial charge in [0.15, 0.2) is 0 Å². The molecule has 0 aromatic heterocycles. The van der Waals surface area contributed by atoms with Gasteiger partial charge in [-0.05, 0) is 12.0 Å². The highest BCUT2D eigenvalue weighted by Gasteiger charge is 1.78. The fourth-order valence-electron chi connectivity index (χ4n) is 0.0745. The van der Waals surface area contributed by atoms with Crippen LogP contribution in [-0.4, -0.2) is 22.2 Å². The van der Waals surface area contributed by atoms with Crippen LogP contribution >= 0.6 is 12.0 Å². The maximum absolute atomic E-state index is 7.92.